The third-order valence-corrected chi connectivity index (χ3v) is 1.24. The molecule has 0 fully saturated rings. The van der Waals surface area contributed by atoms with Crippen LogP contribution in [0.5, 0.6) is 0 Å². The molecule has 0 saturated carbocycles. The second kappa shape index (κ2) is 22.4. The number of rotatable bonds is 0. The van der Waals surface area contributed by atoms with Gasteiger partial charge < -0.3 is 0 Å². The Morgan fingerprint density at radius 1 is 0.750 bits per heavy atom. The second-order valence-corrected chi connectivity index (χ2v) is 2.05. The lowest BCUT2D eigenvalue weighted by atomic mass is 10.1. The molecule has 0 heteroatoms. The lowest BCUT2D eigenvalue weighted by Crippen LogP contribution is -1.79. The van der Waals surface area contributed by atoms with Gasteiger partial charge in [-0.25, -0.2) is 0 Å². The van der Waals surface area contributed by atoms with E-state index in [9.17, 15) is 0 Å². The predicted molar refractivity (Wildman–Crippen MR) is 61.6 cm³/mol. The summed E-state index contributed by atoms with van der Waals surface area (Å²) in [4.78, 5) is 0. The Bertz CT molecular complexity index is 54.4. The van der Waals surface area contributed by atoms with E-state index in [0.717, 1.165) is 5.92 Å². The monoisotopic (exact) mass is 172 g/mol. The molecule has 0 aromatic rings. The molecule has 0 unspecified atom stereocenters. The molecule has 0 spiro atoms. The molecule has 1 rings (SSSR count). The van der Waals surface area contributed by atoms with Crippen molar-refractivity contribution in [2.75, 3.05) is 0 Å². The van der Waals surface area contributed by atoms with Gasteiger partial charge in [0.05, 0.1) is 0 Å². The van der Waals surface area contributed by atoms with E-state index in [4.69, 9.17) is 0 Å². The molecule has 0 aromatic heterocycles. The van der Waals surface area contributed by atoms with Crippen LogP contribution in [-0.4, -0.2) is 0 Å². The average Bonchev–Trinajstić information content (AvgIpc) is 2.66. The Kier molecular flexibility index (Phi) is 33.1. The van der Waals surface area contributed by atoms with E-state index in [2.05, 4.69) is 19.1 Å². The van der Waals surface area contributed by atoms with Crippen LogP contribution in [0, 0.1) is 5.92 Å². The molecule has 0 aromatic carbocycles. The summed E-state index contributed by atoms with van der Waals surface area (Å²) >= 11 is 0. The summed E-state index contributed by atoms with van der Waals surface area (Å²) in [6, 6.07) is 0. The van der Waals surface area contributed by atoms with Gasteiger partial charge in [0.2, 0.25) is 0 Å². The third kappa shape index (κ3) is 16.4. The van der Waals surface area contributed by atoms with Crippen LogP contribution in [0.1, 0.15) is 61.3 Å². The van der Waals surface area contributed by atoms with Crippen molar-refractivity contribution in [1.82, 2.24) is 0 Å². The SMILES string of the molecule is CC.CC.CC.CC1CC=CC1. The van der Waals surface area contributed by atoms with Crippen LogP contribution < -0.4 is 0 Å². The molecular formula is C12H28. The Morgan fingerprint density at radius 2 is 1.00 bits per heavy atom. The summed E-state index contributed by atoms with van der Waals surface area (Å²) < 4.78 is 0. The maximum absolute atomic E-state index is 2.28. The molecule has 0 nitrogen and oxygen atoms in total. The van der Waals surface area contributed by atoms with Crippen molar-refractivity contribution in [3.63, 3.8) is 0 Å². The normalized spacial score (nSPS) is 12.9. The van der Waals surface area contributed by atoms with Crippen molar-refractivity contribution < 1.29 is 0 Å². The Balaban J connectivity index is -0.000000117. The largest absolute Gasteiger partial charge is 0.0883 e. The van der Waals surface area contributed by atoms with E-state index < -0.39 is 0 Å². The van der Waals surface area contributed by atoms with Gasteiger partial charge in [0.15, 0.2) is 0 Å². The molecule has 0 saturated heterocycles. The van der Waals surface area contributed by atoms with Gasteiger partial charge in [-0.05, 0) is 18.8 Å². The summed E-state index contributed by atoms with van der Waals surface area (Å²) in [6.07, 6.45) is 7.12. The van der Waals surface area contributed by atoms with Crippen molar-refractivity contribution in [1.29, 1.82) is 0 Å². The van der Waals surface area contributed by atoms with E-state index in [1.807, 2.05) is 41.5 Å². The molecule has 0 bridgehead atoms. The predicted octanol–water partition coefficient (Wildman–Crippen LogP) is 5.05. The molecule has 76 valence electrons. The highest BCUT2D eigenvalue weighted by atomic mass is 14.1. The summed E-state index contributed by atoms with van der Waals surface area (Å²) in [7, 11) is 0. The second-order valence-electron chi connectivity index (χ2n) is 2.05. The van der Waals surface area contributed by atoms with E-state index >= 15 is 0 Å². The Labute approximate surface area is 80.1 Å². The van der Waals surface area contributed by atoms with Crippen LogP contribution >= 0.6 is 0 Å². The van der Waals surface area contributed by atoms with Gasteiger partial charge in [0.25, 0.3) is 0 Å². The van der Waals surface area contributed by atoms with Crippen LogP contribution in [0.4, 0.5) is 0 Å². The first-order valence-electron chi connectivity index (χ1n) is 5.54. The third-order valence-electron chi connectivity index (χ3n) is 1.24. The van der Waals surface area contributed by atoms with Crippen molar-refractivity contribution >= 4 is 0 Å². The zero-order chi connectivity index (χ0) is 10.4. The fourth-order valence-electron chi connectivity index (χ4n) is 0.753. The van der Waals surface area contributed by atoms with Gasteiger partial charge in [0, 0.05) is 0 Å². The number of hydrogen-bond acceptors (Lipinski definition) is 0. The van der Waals surface area contributed by atoms with Gasteiger partial charge in [0.1, 0.15) is 0 Å². The molecule has 1 aliphatic rings. The van der Waals surface area contributed by atoms with Gasteiger partial charge in [-0.3, -0.25) is 0 Å². The van der Waals surface area contributed by atoms with Gasteiger partial charge in [-0.2, -0.15) is 0 Å². The van der Waals surface area contributed by atoms with Crippen molar-refractivity contribution in [3.05, 3.63) is 12.2 Å². The fraction of sp³-hybridized carbons (Fsp3) is 0.833. The zero-order valence-electron chi connectivity index (χ0n) is 10.1. The highest BCUT2D eigenvalue weighted by Crippen LogP contribution is 2.15. The van der Waals surface area contributed by atoms with Crippen LogP contribution in [0.3, 0.4) is 0 Å². The Hall–Kier alpha value is -0.260. The van der Waals surface area contributed by atoms with E-state index in [0.29, 0.717) is 0 Å². The molecule has 0 heterocycles. The van der Waals surface area contributed by atoms with Crippen LogP contribution in [0.2, 0.25) is 0 Å². The number of hydrogen-bond donors (Lipinski definition) is 0. The minimum Gasteiger partial charge on any atom is -0.0883 e. The van der Waals surface area contributed by atoms with Crippen molar-refractivity contribution in [3.8, 4) is 0 Å². The topological polar surface area (TPSA) is 0 Å². The number of allylic oxidation sites excluding steroid dienone is 2. The standard InChI is InChI=1S/C6H10.3C2H6/c1-6-4-2-3-5-6;3*1-2/h2-3,6H,4-5H2,1H3;3*1-2H3. The van der Waals surface area contributed by atoms with Crippen molar-refractivity contribution in [2.24, 2.45) is 5.92 Å². The minimum atomic E-state index is 0.935. The molecule has 0 radical (unpaired) electrons. The first kappa shape index (κ1) is 17.7. The summed E-state index contributed by atoms with van der Waals surface area (Å²) in [5, 5.41) is 0. The molecular weight excluding hydrogens is 144 g/mol. The molecule has 0 N–H and O–H groups in total. The molecule has 1 aliphatic carbocycles. The zero-order valence-corrected chi connectivity index (χ0v) is 10.1. The van der Waals surface area contributed by atoms with Gasteiger partial charge >= 0.3 is 0 Å². The summed E-state index contributed by atoms with van der Waals surface area (Å²) in [5.74, 6) is 0.935. The quantitative estimate of drug-likeness (QED) is 0.448. The highest BCUT2D eigenvalue weighted by molar-refractivity contribution is 4.92. The van der Waals surface area contributed by atoms with Gasteiger partial charge in [-0.1, -0.05) is 60.6 Å². The van der Waals surface area contributed by atoms with Crippen LogP contribution in [0.15, 0.2) is 12.2 Å². The van der Waals surface area contributed by atoms with E-state index in [-0.39, 0.29) is 0 Å². The smallest absolute Gasteiger partial charge is 0.0322 e. The van der Waals surface area contributed by atoms with E-state index in [1.54, 1.807) is 0 Å². The first-order chi connectivity index (χ1) is 5.89. The molecule has 0 amide bonds. The lowest BCUT2D eigenvalue weighted by Gasteiger charge is -1.92. The lowest BCUT2D eigenvalue weighted by molar-refractivity contribution is 0.638. The molecule has 0 atom stereocenters. The minimum absolute atomic E-state index is 0.935. The highest BCUT2D eigenvalue weighted by Gasteiger charge is 1.99. The molecule has 0 aliphatic heterocycles. The summed E-state index contributed by atoms with van der Waals surface area (Å²) in [5.41, 5.74) is 0. The van der Waals surface area contributed by atoms with Crippen LogP contribution in [0.25, 0.3) is 0 Å². The average molecular weight is 172 g/mol. The van der Waals surface area contributed by atoms with Gasteiger partial charge in [-0.15, -0.1) is 0 Å². The first-order valence-corrected chi connectivity index (χ1v) is 5.54. The Morgan fingerprint density at radius 3 is 1.08 bits per heavy atom. The van der Waals surface area contributed by atoms with E-state index in [1.165, 1.54) is 12.8 Å². The maximum Gasteiger partial charge on any atom is -0.0322 e. The van der Waals surface area contributed by atoms with Crippen molar-refractivity contribution in [2.45, 2.75) is 61.3 Å². The maximum atomic E-state index is 2.28. The summed E-state index contributed by atoms with van der Waals surface area (Å²) in [6.45, 7) is 14.3. The van der Waals surface area contributed by atoms with Crippen LogP contribution in [-0.2, 0) is 0 Å². The molecule has 12 heavy (non-hydrogen) atoms. The fourth-order valence-corrected chi connectivity index (χ4v) is 0.753.